The van der Waals surface area contributed by atoms with Crippen molar-refractivity contribution in [1.29, 1.82) is 0 Å². The monoisotopic (exact) mass is 513 g/mol. The molecule has 1 aliphatic rings. The van der Waals surface area contributed by atoms with E-state index in [1.807, 2.05) is 0 Å². The van der Waals surface area contributed by atoms with Gasteiger partial charge in [-0.3, -0.25) is 14.5 Å². The Morgan fingerprint density at radius 1 is 1.09 bits per heavy atom. The molecule has 1 saturated heterocycles. The van der Waals surface area contributed by atoms with Crippen LogP contribution in [-0.4, -0.2) is 63.1 Å². The zero-order valence-electron chi connectivity index (χ0n) is 18.6. The zero-order chi connectivity index (χ0) is 24.4. The number of para-hydroxylation sites is 1. The highest BCUT2D eigenvalue weighted by Gasteiger charge is 2.22. The molecule has 0 radical (unpaired) electrons. The molecule has 0 atom stereocenters. The molecular formula is C24H21ClFN5O3S. The van der Waals surface area contributed by atoms with Crippen LogP contribution in [0.25, 0.3) is 15.5 Å². The summed E-state index contributed by atoms with van der Waals surface area (Å²) in [7, 11) is 0. The second-order valence-corrected chi connectivity index (χ2v) is 9.41. The Morgan fingerprint density at radius 2 is 1.83 bits per heavy atom. The van der Waals surface area contributed by atoms with E-state index in [1.54, 1.807) is 47.4 Å². The van der Waals surface area contributed by atoms with Gasteiger partial charge in [-0.1, -0.05) is 47.2 Å². The van der Waals surface area contributed by atoms with E-state index in [2.05, 4.69) is 15.0 Å². The molecule has 8 nitrogen and oxygen atoms in total. The minimum absolute atomic E-state index is 0.0750. The molecule has 1 aliphatic heterocycles. The number of nitrogens with zero attached hydrogens (tertiary/aromatic N) is 5. The first-order chi connectivity index (χ1) is 17.0. The van der Waals surface area contributed by atoms with Crippen molar-refractivity contribution in [2.75, 3.05) is 32.8 Å². The Hall–Kier alpha value is -3.34. The van der Waals surface area contributed by atoms with E-state index in [0.717, 1.165) is 0 Å². The maximum Gasteiger partial charge on any atom is 0.275 e. The number of piperazine rings is 1. The highest BCUT2D eigenvalue weighted by Crippen LogP contribution is 2.27. The number of ether oxygens (including phenoxy) is 1. The van der Waals surface area contributed by atoms with Gasteiger partial charge >= 0.3 is 0 Å². The summed E-state index contributed by atoms with van der Waals surface area (Å²) in [5, 5.41) is 5.11. The predicted molar refractivity (Wildman–Crippen MR) is 131 cm³/mol. The summed E-state index contributed by atoms with van der Waals surface area (Å²) in [6.07, 6.45) is 0. The molecule has 3 heterocycles. The lowest BCUT2D eigenvalue weighted by Gasteiger charge is -2.34. The van der Waals surface area contributed by atoms with Gasteiger partial charge in [-0.15, -0.1) is 0 Å². The van der Waals surface area contributed by atoms with Crippen molar-refractivity contribution >= 4 is 33.8 Å². The molecule has 0 spiro atoms. The molecule has 0 N–H and O–H groups in total. The Labute approximate surface area is 209 Å². The lowest BCUT2D eigenvalue weighted by Crippen LogP contribution is -2.49. The second kappa shape index (κ2) is 10.1. The van der Waals surface area contributed by atoms with Crippen LogP contribution in [0.15, 0.2) is 59.4 Å². The molecule has 0 unspecified atom stereocenters. The predicted octanol–water partition coefficient (Wildman–Crippen LogP) is 3.33. The maximum absolute atomic E-state index is 14.1. The van der Waals surface area contributed by atoms with Gasteiger partial charge in [0.1, 0.15) is 11.6 Å². The van der Waals surface area contributed by atoms with Gasteiger partial charge in [0.05, 0.1) is 10.7 Å². The van der Waals surface area contributed by atoms with Crippen molar-refractivity contribution in [1.82, 2.24) is 24.4 Å². The number of halogens is 2. The maximum atomic E-state index is 14.1. The quantitative estimate of drug-likeness (QED) is 0.393. The number of benzene rings is 2. The normalized spacial score (nSPS) is 14.4. The van der Waals surface area contributed by atoms with Gasteiger partial charge in [0.25, 0.3) is 11.5 Å². The van der Waals surface area contributed by atoms with E-state index in [9.17, 15) is 14.0 Å². The fourth-order valence-corrected chi connectivity index (χ4v) is 5.00. The standard InChI is InChI=1S/C24H21ClFN5O3S/c25-18-6-2-4-8-20(18)34-15-22(33)30-11-9-29(10-12-30)14-16-13-21(32)31-24(27-16)35-23(28-31)17-5-1-3-7-19(17)26/h1-8,13H,9-12,14-15H2. The fraction of sp³-hybridized carbons (Fsp3) is 0.250. The van der Waals surface area contributed by atoms with Crippen molar-refractivity contribution in [3.8, 4) is 16.3 Å². The summed E-state index contributed by atoms with van der Waals surface area (Å²) in [5.74, 6) is -0.0210. The summed E-state index contributed by atoms with van der Waals surface area (Å²) in [5.41, 5.74) is 0.637. The van der Waals surface area contributed by atoms with Crippen LogP contribution in [0.3, 0.4) is 0 Å². The van der Waals surface area contributed by atoms with Gasteiger partial charge in [-0.25, -0.2) is 9.37 Å². The highest BCUT2D eigenvalue weighted by atomic mass is 35.5. The average molecular weight is 514 g/mol. The van der Waals surface area contributed by atoms with Crippen LogP contribution >= 0.6 is 22.9 Å². The van der Waals surface area contributed by atoms with E-state index in [0.29, 0.717) is 64.7 Å². The van der Waals surface area contributed by atoms with Gasteiger partial charge < -0.3 is 9.64 Å². The van der Waals surface area contributed by atoms with Gasteiger partial charge in [0.15, 0.2) is 11.6 Å². The summed E-state index contributed by atoms with van der Waals surface area (Å²) < 4.78 is 20.9. The number of aromatic nitrogens is 3. The Morgan fingerprint density at radius 3 is 2.60 bits per heavy atom. The number of carbonyl (C=O) groups excluding carboxylic acids is 1. The van der Waals surface area contributed by atoms with E-state index in [4.69, 9.17) is 16.3 Å². The first-order valence-corrected chi connectivity index (χ1v) is 12.2. The van der Waals surface area contributed by atoms with E-state index in [1.165, 1.54) is 28.0 Å². The van der Waals surface area contributed by atoms with Crippen molar-refractivity contribution in [2.24, 2.45) is 0 Å². The Balaban J connectivity index is 1.20. The van der Waals surface area contributed by atoms with Crippen LogP contribution < -0.4 is 10.3 Å². The van der Waals surface area contributed by atoms with Crippen LogP contribution in [0.1, 0.15) is 5.69 Å². The van der Waals surface area contributed by atoms with Crippen molar-refractivity contribution in [3.05, 3.63) is 81.5 Å². The summed E-state index contributed by atoms with van der Waals surface area (Å²) in [6.45, 7) is 2.77. The number of hydrogen-bond donors (Lipinski definition) is 0. The molecule has 2 aromatic heterocycles. The van der Waals surface area contributed by atoms with Gasteiger partial charge in [0, 0.05) is 44.4 Å². The molecule has 0 aliphatic carbocycles. The topological polar surface area (TPSA) is 80.0 Å². The van der Waals surface area contributed by atoms with Gasteiger partial charge in [0.2, 0.25) is 4.96 Å². The summed E-state index contributed by atoms with van der Waals surface area (Å²) >= 11 is 7.24. The van der Waals surface area contributed by atoms with E-state index < -0.39 is 5.82 Å². The average Bonchev–Trinajstić information content (AvgIpc) is 3.29. The SMILES string of the molecule is O=C(COc1ccccc1Cl)N1CCN(Cc2cc(=O)n3nc(-c4ccccc4F)sc3n2)CC1. The minimum Gasteiger partial charge on any atom is -0.482 e. The molecule has 11 heteroatoms. The molecule has 4 aromatic rings. The van der Waals surface area contributed by atoms with Crippen LogP contribution in [0.2, 0.25) is 5.02 Å². The smallest absolute Gasteiger partial charge is 0.275 e. The van der Waals surface area contributed by atoms with E-state index in [-0.39, 0.29) is 18.1 Å². The van der Waals surface area contributed by atoms with Crippen LogP contribution in [0.5, 0.6) is 5.75 Å². The van der Waals surface area contributed by atoms with Gasteiger partial charge in [-0.05, 0) is 24.3 Å². The highest BCUT2D eigenvalue weighted by molar-refractivity contribution is 7.19. The molecule has 180 valence electrons. The number of rotatable bonds is 6. The molecule has 0 saturated carbocycles. The number of hydrogen-bond acceptors (Lipinski definition) is 7. The number of amides is 1. The third-order valence-electron chi connectivity index (χ3n) is 5.70. The molecule has 0 bridgehead atoms. The minimum atomic E-state index is -0.399. The Bertz CT molecular complexity index is 1430. The Kier molecular flexibility index (Phi) is 6.76. The van der Waals surface area contributed by atoms with Crippen molar-refractivity contribution < 1.29 is 13.9 Å². The lowest BCUT2D eigenvalue weighted by atomic mass is 10.2. The van der Waals surface area contributed by atoms with E-state index >= 15 is 0 Å². The number of carbonyl (C=O) groups is 1. The number of fused-ring (bicyclic) bond motifs is 1. The molecule has 5 rings (SSSR count). The second-order valence-electron chi connectivity index (χ2n) is 8.04. The molecular weight excluding hydrogens is 493 g/mol. The molecule has 35 heavy (non-hydrogen) atoms. The lowest BCUT2D eigenvalue weighted by molar-refractivity contribution is -0.135. The largest absolute Gasteiger partial charge is 0.482 e. The molecule has 1 amide bonds. The van der Waals surface area contributed by atoms with Crippen LogP contribution in [0, 0.1) is 5.82 Å². The van der Waals surface area contributed by atoms with Crippen molar-refractivity contribution in [2.45, 2.75) is 6.54 Å². The summed E-state index contributed by atoms with van der Waals surface area (Å²) in [6, 6.07) is 14.8. The fourth-order valence-electron chi connectivity index (χ4n) is 3.86. The van der Waals surface area contributed by atoms with Crippen molar-refractivity contribution in [3.63, 3.8) is 0 Å². The molecule has 1 fully saturated rings. The van der Waals surface area contributed by atoms with Gasteiger partial charge in [-0.2, -0.15) is 9.61 Å². The first kappa shape index (κ1) is 23.4. The summed E-state index contributed by atoms with van der Waals surface area (Å²) in [4.78, 5) is 34.0. The third kappa shape index (κ3) is 5.19. The zero-order valence-corrected chi connectivity index (χ0v) is 20.1. The molecule has 2 aromatic carbocycles. The van der Waals surface area contributed by atoms with Crippen LogP contribution in [-0.2, 0) is 11.3 Å². The van der Waals surface area contributed by atoms with Crippen LogP contribution in [0.4, 0.5) is 4.39 Å². The third-order valence-corrected chi connectivity index (χ3v) is 6.95. The first-order valence-electron chi connectivity index (χ1n) is 11.0.